The van der Waals surface area contributed by atoms with Gasteiger partial charge in [0.05, 0.1) is 27.9 Å². The molecular weight excluding hydrogens is 388 g/mol. The quantitative estimate of drug-likeness (QED) is 0.782. The van der Waals surface area contributed by atoms with Crippen LogP contribution in [0, 0.1) is 5.92 Å². The van der Waals surface area contributed by atoms with Gasteiger partial charge in [-0.25, -0.2) is 12.7 Å². The number of benzene rings is 2. The van der Waals surface area contributed by atoms with E-state index in [1.807, 2.05) is 30.3 Å². The van der Waals surface area contributed by atoms with Crippen molar-refractivity contribution in [2.24, 2.45) is 5.92 Å². The lowest BCUT2D eigenvalue weighted by Crippen LogP contribution is -2.30. The predicted octanol–water partition coefficient (Wildman–Crippen LogP) is 2.92. The summed E-state index contributed by atoms with van der Waals surface area (Å²) in [5.41, 5.74) is 1.37. The van der Waals surface area contributed by atoms with Gasteiger partial charge in [-0.15, -0.1) is 0 Å². The predicted molar refractivity (Wildman–Crippen MR) is 104 cm³/mol. The number of carbonyl (C=O) groups is 2. The van der Waals surface area contributed by atoms with E-state index >= 15 is 0 Å². The highest BCUT2D eigenvalue weighted by atomic mass is 35.5. The van der Waals surface area contributed by atoms with Gasteiger partial charge >= 0.3 is 0 Å². The molecule has 0 aromatic heterocycles. The molecule has 2 aromatic carbocycles. The van der Waals surface area contributed by atoms with Crippen LogP contribution in [0.1, 0.15) is 22.8 Å². The van der Waals surface area contributed by atoms with Crippen molar-refractivity contribution in [1.82, 2.24) is 4.90 Å². The van der Waals surface area contributed by atoms with E-state index in [9.17, 15) is 18.0 Å². The van der Waals surface area contributed by atoms with E-state index < -0.39 is 21.8 Å². The smallest absolute Gasteiger partial charge is 0.255 e. The lowest BCUT2D eigenvalue weighted by atomic mass is 10.1. The van der Waals surface area contributed by atoms with Crippen LogP contribution >= 0.6 is 11.6 Å². The van der Waals surface area contributed by atoms with Crippen molar-refractivity contribution in [3.63, 3.8) is 0 Å². The molecule has 27 heavy (non-hydrogen) atoms. The average Bonchev–Trinajstić information content (AvgIpc) is 2.82. The molecule has 2 amide bonds. The van der Waals surface area contributed by atoms with Crippen molar-refractivity contribution in [2.75, 3.05) is 17.1 Å². The molecule has 1 aliphatic rings. The molecule has 1 aliphatic heterocycles. The average molecular weight is 407 g/mol. The van der Waals surface area contributed by atoms with Crippen LogP contribution in [0.4, 0.5) is 5.69 Å². The maximum absolute atomic E-state index is 12.7. The Bertz CT molecular complexity index is 992. The maximum Gasteiger partial charge on any atom is 0.255 e. The number of halogens is 1. The SMILES string of the molecule is C[C@H]1CS(=O)(=O)N(c2ccc(C(=O)N(C)Cc3ccccc3)c(Cl)c2)C1=O. The van der Waals surface area contributed by atoms with Gasteiger partial charge in [0.1, 0.15) is 0 Å². The van der Waals surface area contributed by atoms with Gasteiger partial charge in [0.2, 0.25) is 15.9 Å². The lowest BCUT2D eigenvalue weighted by molar-refractivity contribution is -0.119. The van der Waals surface area contributed by atoms with Crippen molar-refractivity contribution in [2.45, 2.75) is 13.5 Å². The molecule has 3 rings (SSSR count). The number of nitrogens with zero attached hydrogens (tertiary/aromatic N) is 2. The van der Waals surface area contributed by atoms with E-state index in [1.54, 1.807) is 14.0 Å². The molecule has 0 aliphatic carbocycles. The topological polar surface area (TPSA) is 74.8 Å². The molecule has 0 bridgehead atoms. The van der Waals surface area contributed by atoms with E-state index in [2.05, 4.69) is 0 Å². The molecule has 1 heterocycles. The first-order valence-electron chi connectivity index (χ1n) is 8.36. The van der Waals surface area contributed by atoms with Crippen LogP contribution in [-0.4, -0.2) is 37.9 Å². The minimum absolute atomic E-state index is 0.0972. The molecule has 0 radical (unpaired) electrons. The second-order valence-electron chi connectivity index (χ2n) is 6.59. The van der Waals surface area contributed by atoms with Crippen molar-refractivity contribution < 1.29 is 18.0 Å². The third-order valence-electron chi connectivity index (χ3n) is 4.39. The molecule has 6 nitrogen and oxygen atoms in total. The minimum atomic E-state index is -3.72. The summed E-state index contributed by atoms with van der Waals surface area (Å²) in [4.78, 5) is 26.4. The fraction of sp³-hybridized carbons (Fsp3) is 0.263. The fourth-order valence-electron chi connectivity index (χ4n) is 3.03. The standard InChI is InChI=1S/C19H19ClN2O4S/c1-13-12-27(25,26)22(18(13)23)15-8-9-16(17(20)10-15)19(24)21(2)11-14-6-4-3-5-7-14/h3-10,13H,11-12H2,1-2H3/t13-/m0/s1. The Labute approximate surface area is 163 Å². The number of sulfonamides is 1. The van der Waals surface area contributed by atoms with Gasteiger partial charge < -0.3 is 4.90 Å². The van der Waals surface area contributed by atoms with Gasteiger partial charge in [-0.1, -0.05) is 48.9 Å². The molecule has 1 fully saturated rings. The number of amides is 2. The van der Waals surface area contributed by atoms with Gasteiger partial charge in [-0.05, 0) is 23.8 Å². The van der Waals surface area contributed by atoms with Crippen molar-refractivity contribution in [3.05, 3.63) is 64.7 Å². The number of anilines is 1. The van der Waals surface area contributed by atoms with Crippen LogP contribution in [0.3, 0.4) is 0 Å². The largest absolute Gasteiger partial charge is 0.337 e. The summed E-state index contributed by atoms with van der Waals surface area (Å²) in [6, 6.07) is 13.7. The van der Waals surface area contributed by atoms with Gasteiger partial charge in [0, 0.05) is 13.6 Å². The molecule has 2 aromatic rings. The zero-order chi connectivity index (χ0) is 19.8. The first-order valence-corrected chi connectivity index (χ1v) is 10.3. The highest BCUT2D eigenvalue weighted by molar-refractivity contribution is 7.94. The summed E-state index contributed by atoms with van der Waals surface area (Å²) >= 11 is 6.25. The highest BCUT2D eigenvalue weighted by Crippen LogP contribution is 2.31. The number of carbonyl (C=O) groups excluding carboxylic acids is 2. The third-order valence-corrected chi connectivity index (χ3v) is 6.57. The first kappa shape index (κ1) is 19.4. The molecule has 8 heteroatoms. The summed E-state index contributed by atoms with van der Waals surface area (Å²) in [7, 11) is -2.05. The first-order chi connectivity index (χ1) is 12.7. The van der Waals surface area contributed by atoms with Gasteiger partial charge in [-0.2, -0.15) is 0 Å². The van der Waals surface area contributed by atoms with E-state index in [0.29, 0.717) is 6.54 Å². The Hall–Kier alpha value is -2.38. The molecular formula is C19H19ClN2O4S. The van der Waals surface area contributed by atoms with Gasteiger partial charge in [0.15, 0.2) is 0 Å². The van der Waals surface area contributed by atoms with E-state index in [1.165, 1.54) is 23.1 Å². The molecule has 1 saturated heterocycles. The fourth-order valence-corrected chi connectivity index (χ4v) is 5.09. The number of hydrogen-bond acceptors (Lipinski definition) is 4. The summed E-state index contributed by atoms with van der Waals surface area (Å²) < 4.78 is 25.2. The summed E-state index contributed by atoms with van der Waals surface area (Å²) in [6.45, 7) is 1.98. The Morgan fingerprint density at radius 3 is 2.44 bits per heavy atom. The Morgan fingerprint density at radius 2 is 1.89 bits per heavy atom. The Morgan fingerprint density at radius 1 is 1.22 bits per heavy atom. The number of rotatable bonds is 4. The van der Waals surface area contributed by atoms with Crippen molar-refractivity contribution in [3.8, 4) is 0 Å². The Balaban J connectivity index is 1.85. The monoisotopic (exact) mass is 406 g/mol. The summed E-state index contributed by atoms with van der Waals surface area (Å²) in [5, 5.41) is 0.0972. The van der Waals surface area contributed by atoms with Crippen LogP contribution in [0.25, 0.3) is 0 Å². The van der Waals surface area contributed by atoms with Crippen molar-refractivity contribution >= 4 is 39.1 Å². The third kappa shape index (κ3) is 3.84. The van der Waals surface area contributed by atoms with E-state index in [0.717, 1.165) is 9.87 Å². The highest BCUT2D eigenvalue weighted by Gasteiger charge is 2.42. The van der Waals surface area contributed by atoms with Crippen LogP contribution in [0.15, 0.2) is 48.5 Å². The molecule has 0 saturated carbocycles. The zero-order valence-corrected chi connectivity index (χ0v) is 16.5. The van der Waals surface area contributed by atoms with Crippen LogP contribution in [-0.2, 0) is 21.4 Å². The normalized spacial score (nSPS) is 18.6. The zero-order valence-electron chi connectivity index (χ0n) is 14.9. The molecule has 1 atom stereocenters. The van der Waals surface area contributed by atoms with Crippen molar-refractivity contribution in [1.29, 1.82) is 0 Å². The van der Waals surface area contributed by atoms with Gasteiger partial charge in [-0.3, -0.25) is 9.59 Å². The van der Waals surface area contributed by atoms with Crippen LogP contribution < -0.4 is 4.31 Å². The molecule has 142 valence electrons. The maximum atomic E-state index is 12.7. The summed E-state index contributed by atoms with van der Waals surface area (Å²) in [6.07, 6.45) is 0. The van der Waals surface area contributed by atoms with Crippen LogP contribution in [0.5, 0.6) is 0 Å². The molecule has 0 unspecified atom stereocenters. The Kier molecular flexibility index (Phi) is 5.26. The summed E-state index contributed by atoms with van der Waals surface area (Å²) in [5.74, 6) is -1.62. The van der Waals surface area contributed by atoms with Gasteiger partial charge in [0.25, 0.3) is 5.91 Å². The number of hydrogen-bond donors (Lipinski definition) is 0. The lowest BCUT2D eigenvalue weighted by Gasteiger charge is -2.20. The van der Waals surface area contributed by atoms with Crippen LogP contribution in [0.2, 0.25) is 5.02 Å². The molecule has 0 N–H and O–H groups in total. The second kappa shape index (κ2) is 7.32. The second-order valence-corrected chi connectivity index (χ2v) is 8.86. The van der Waals surface area contributed by atoms with E-state index in [-0.39, 0.29) is 27.9 Å². The minimum Gasteiger partial charge on any atom is -0.337 e. The molecule has 0 spiro atoms. The van der Waals surface area contributed by atoms with E-state index in [4.69, 9.17) is 11.6 Å².